The van der Waals surface area contributed by atoms with Crippen molar-refractivity contribution in [1.82, 2.24) is 5.43 Å². The highest BCUT2D eigenvalue weighted by atomic mass is 19.4. The van der Waals surface area contributed by atoms with Gasteiger partial charge in [-0.2, -0.15) is 41.7 Å². The molecule has 16 heteroatoms. The van der Waals surface area contributed by atoms with Crippen LogP contribution in [0.4, 0.5) is 49.1 Å². The van der Waals surface area contributed by atoms with Crippen molar-refractivity contribution >= 4 is 40.3 Å². The van der Waals surface area contributed by atoms with Crippen LogP contribution in [0.5, 0.6) is 0 Å². The number of carbonyl (C=O) groups is 2. The number of rotatable bonds is 6. The number of hydrogen-bond acceptors (Lipinski definition) is 6. The van der Waals surface area contributed by atoms with Crippen LogP contribution in [0.2, 0.25) is 0 Å². The van der Waals surface area contributed by atoms with Crippen LogP contribution < -0.4 is 16.1 Å². The first-order chi connectivity index (χ1) is 21.4. The van der Waals surface area contributed by atoms with Gasteiger partial charge in [0.25, 0.3) is 11.8 Å². The van der Waals surface area contributed by atoms with Crippen molar-refractivity contribution in [2.75, 3.05) is 10.6 Å². The number of hydrogen-bond donors (Lipinski definition) is 3. The van der Waals surface area contributed by atoms with Crippen LogP contribution in [-0.4, -0.2) is 34.6 Å². The van der Waals surface area contributed by atoms with Crippen molar-refractivity contribution in [3.05, 3.63) is 70.4 Å². The van der Waals surface area contributed by atoms with Crippen LogP contribution in [0.15, 0.2) is 51.7 Å². The Morgan fingerprint density at radius 1 is 0.915 bits per heavy atom. The fourth-order valence-corrected chi connectivity index (χ4v) is 4.55. The van der Waals surface area contributed by atoms with Crippen LogP contribution in [0.25, 0.3) is 9.69 Å². The highest BCUT2D eigenvalue weighted by molar-refractivity contribution is 6.03. The average molecular weight is 665 g/mol. The highest BCUT2D eigenvalue weighted by Gasteiger charge is 2.41. The van der Waals surface area contributed by atoms with E-state index in [-0.39, 0.29) is 24.8 Å². The lowest BCUT2D eigenvalue weighted by Gasteiger charge is -2.23. The number of benzene rings is 2. The van der Waals surface area contributed by atoms with Crippen molar-refractivity contribution in [1.29, 1.82) is 0 Å². The molecule has 3 N–H and O–H groups in total. The van der Waals surface area contributed by atoms with E-state index in [1.54, 1.807) is 13.8 Å². The topological polar surface area (TPSA) is 116 Å². The monoisotopic (exact) mass is 664 g/mol. The molecule has 3 unspecified atom stereocenters. The predicted molar refractivity (Wildman–Crippen MR) is 165 cm³/mol. The second-order valence-electron chi connectivity index (χ2n) is 11.0. The van der Waals surface area contributed by atoms with Gasteiger partial charge in [-0.3, -0.25) is 15.0 Å². The summed E-state index contributed by atoms with van der Waals surface area (Å²) in [5.41, 5.74) is -1.72. The minimum atomic E-state index is -4.66. The van der Waals surface area contributed by atoms with Gasteiger partial charge in [-0.1, -0.05) is 33.4 Å². The fraction of sp³-hybridized carbons (Fsp3) is 0.452. The first kappa shape index (κ1) is 38.2. The lowest BCUT2D eigenvalue weighted by molar-refractivity contribution is -0.137. The molecule has 47 heavy (non-hydrogen) atoms. The third kappa shape index (κ3) is 9.06. The second-order valence-corrected chi connectivity index (χ2v) is 11.0. The lowest BCUT2D eigenvalue weighted by Crippen LogP contribution is -2.47. The zero-order valence-corrected chi connectivity index (χ0v) is 25.2. The van der Waals surface area contributed by atoms with E-state index in [9.17, 15) is 35.9 Å². The zero-order chi connectivity index (χ0) is 34.5. The van der Waals surface area contributed by atoms with Crippen LogP contribution >= 0.6 is 0 Å². The summed E-state index contributed by atoms with van der Waals surface area (Å²) >= 11 is 0. The van der Waals surface area contributed by atoms with E-state index in [0.717, 1.165) is 36.4 Å². The lowest BCUT2D eigenvalue weighted by atomic mass is 9.93. The molecule has 0 saturated carbocycles. The van der Waals surface area contributed by atoms with Crippen molar-refractivity contribution in [2.45, 2.75) is 90.3 Å². The van der Waals surface area contributed by atoms with Gasteiger partial charge >= 0.3 is 12.4 Å². The molecular weight excluding hydrogens is 630 g/mol. The summed E-state index contributed by atoms with van der Waals surface area (Å²) < 4.78 is 77.6. The summed E-state index contributed by atoms with van der Waals surface area (Å²) in [5.74, 6) is -0.991. The summed E-state index contributed by atoms with van der Waals surface area (Å²) in [4.78, 5) is 30.3. The zero-order valence-electron chi connectivity index (χ0n) is 25.2. The Balaban J connectivity index is 0.000000320. The molecule has 4 rings (SSSR count). The normalized spacial score (nSPS) is 21.5. The number of amides is 2. The van der Waals surface area contributed by atoms with Gasteiger partial charge in [-0.05, 0) is 51.0 Å². The number of nitrogens with zero attached hydrogens (tertiary/aromatic N) is 5. The van der Waals surface area contributed by atoms with Crippen LogP contribution in [0, 0.1) is 13.1 Å². The minimum absolute atomic E-state index is 0. The Bertz CT molecular complexity index is 1640. The van der Waals surface area contributed by atoms with Crippen molar-refractivity contribution in [3.63, 3.8) is 0 Å². The summed E-state index contributed by atoms with van der Waals surface area (Å²) in [5, 5.41) is 16.9. The molecule has 2 aliphatic heterocycles. The van der Waals surface area contributed by atoms with Crippen molar-refractivity contribution in [2.24, 2.45) is 15.3 Å². The molecule has 0 fully saturated rings. The maximum absolute atomic E-state index is 12.9. The fourth-order valence-electron chi connectivity index (χ4n) is 4.55. The SMILES string of the molecule is C.[C-]#[N+]c1ccc(NC(=O)C2(C)CC(CC)=NN2)cc1C(F)(F)F.[C-]#[N+]c1ccc(NC(=O)C2(C)CC(CC)N=N2)cc1C(F)(F)F. The standard InChI is InChI=1S/2C15H15F3N4O.CH4/c2*1-4-9-8-14(2,22-21-9)13(23)20-10-5-6-12(19-3)11(7-10)15(16,17)18;/h5-7,22H,4,8H2,1-2H3,(H,20,23);5-7,9H,4,8H2,1-2H3,(H,20,23);1H4. The number of anilines is 2. The Morgan fingerprint density at radius 3 is 1.79 bits per heavy atom. The average Bonchev–Trinajstić information content (AvgIpc) is 3.60. The molecule has 3 atom stereocenters. The Hall–Kier alpha value is -4.99. The number of azo groups is 1. The molecule has 2 aromatic rings. The smallest absolute Gasteiger partial charge is 0.324 e. The molecule has 2 amide bonds. The van der Waals surface area contributed by atoms with E-state index in [4.69, 9.17) is 13.1 Å². The number of hydrazone groups is 1. The Kier molecular flexibility index (Phi) is 11.9. The third-order valence-electron chi connectivity index (χ3n) is 7.32. The van der Waals surface area contributed by atoms with Gasteiger partial charge in [0.2, 0.25) is 0 Å². The van der Waals surface area contributed by atoms with Gasteiger partial charge < -0.3 is 10.6 Å². The minimum Gasteiger partial charge on any atom is -0.324 e. The van der Waals surface area contributed by atoms with Gasteiger partial charge in [0.15, 0.2) is 16.9 Å². The van der Waals surface area contributed by atoms with Gasteiger partial charge in [0.05, 0.1) is 30.3 Å². The second kappa shape index (κ2) is 14.6. The quantitative estimate of drug-likeness (QED) is 0.212. The number of alkyl halides is 6. The van der Waals surface area contributed by atoms with E-state index >= 15 is 0 Å². The maximum Gasteiger partial charge on any atom is 0.407 e. The molecule has 0 aromatic heterocycles. The molecule has 2 aromatic carbocycles. The first-order valence-electron chi connectivity index (χ1n) is 13.9. The summed E-state index contributed by atoms with van der Waals surface area (Å²) in [6.07, 6.45) is -7.08. The molecule has 2 aliphatic rings. The highest BCUT2D eigenvalue weighted by Crippen LogP contribution is 2.39. The molecular formula is C31H34F6N8O2. The van der Waals surface area contributed by atoms with Crippen molar-refractivity contribution < 1.29 is 35.9 Å². The van der Waals surface area contributed by atoms with Gasteiger partial charge in [-0.25, -0.2) is 9.69 Å². The molecule has 0 bridgehead atoms. The summed E-state index contributed by atoms with van der Waals surface area (Å²) in [7, 11) is 0. The van der Waals surface area contributed by atoms with Gasteiger partial charge in [0.1, 0.15) is 5.54 Å². The molecule has 2 heterocycles. The molecule has 10 nitrogen and oxygen atoms in total. The largest absolute Gasteiger partial charge is 0.407 e. The molecule has 0 radical (unpaired) electrons. The van der Waals surface area contributed by atoms with E-state index in [1.807, 2.05) is 13.8 Å². The molecule has 0 aliphatic carbocycles. The summed E-state index contributed by atoms with van der Waals surface area (Å²) in [6, 6.07) is 6.11. The van der Waals surface area contributed by atoms with E-state index in [2.05, 4.69) is 41.1 Å². The van der Waals surface area contributed by atoms with E-state index in [1.165, 1.54) is 12.1 Å². The van der Waals surface area contributed by atoms with Gasteiger partial charge in [-0.15, -0.1) is 0 Å². The Labute approximate surface area is 268 Å². The molecule has 0 spiro atoms. The van der Waals surface area contributed by atoms with E-state index < -0.39 is 57.7 Å². The Morgan fingerprint density at radius 2 is 1.40 bits per heavy atom. The number of carbonyl (C=O) groups excluding carboxylic acids is 2. The maximum atomic E-state index is 12.9. The van der Waals surface area contributed by atoms with Gasteiger partial charge in [0, 0.05) is 29.9 Å². The number of halogens is 6. The summed E-state index contributed by atoms with van der Waals surface area (Å²) in [6.45, 7) is 20.7. The van der Waals surface area contributed by atoms with Crippen molar-refractivity contribution in [3.8, 4) is 0 Å². The van der Waals surface area contributed by atoms with Crippen LogP contribution in [-0.2, 0) is 21.9 Å². The van der Waals surface area contributed by atoms with E-state index in [0.29, 0.717) is 19.3 Å². The predicted octanol–water partition coefficient (Wildman–Crippen LogP) is 8.94. The molecule has 0 saturated heterocycles. The van der Waals surface area contributed by atoms with Crippen LogP contribution in [0.3, 0.4) is 0 Å². The number of nitrogens with one attached hydrogen (secondary N) is 3. The third-order valence-corrected chi connectivity index (χ3v) is 7.32. The first-order valence-corrected chi connectivity index (χ1v) is 13.9. The van der Waals surface area contributed by atoms with Crippen LogP contribution in [0.1, 0.15) is 71.9 Å². The molecule has 252 valence electrons.